The summed E-state index contributed by atoms with van der Waals surface area (Å²) in [5, 5.41) is 0. The summed E-state index contributed by atoms with van der Waals surface area (Å²) in [6.07, 6.45) is -9.00. The van der Waals surface area contributed by atoms with Gasteiger partial charge in [0.15, 0.2) is 0 Å². The van der Waals surface area contributed by atoms with Crippen molar-refractivity contribution in [2.45, 2.75) is 60.0 Å². The van der Waals surface area contributed by atoms with Crippen LogP contribution in [0.5, 0.6) is 0 Å². The van der Waals surface area contributed by atoms with E-state index in [2.05, 4.69) is 0 Å². The van der Waals surface area contributed by atoms with Crippen molar-refractivity contribution in [3.8, 4) is 0 Å². The highest BCUT2D eigenvalue weighted by molar-refractivity contribution is 14.1. The first-order valence-electron chi connectivity index (χ1n) is 5.67. The minimum Gasteiger partial charge on any atom is -0.200 e. The van der Waals surface area contributed by atoms with Gasteiger partial charge in [0.1, 0.15) is 0 Å². The average molecular weight is 466 g/mol. The molecule has 22 heavy (non-hydrogen) atoms. The standard InChI is InChI=1S/C10H10F11I/c1-2-3-5(22)4-6(11,12)7(13,14)8(15,16)9(17,18)10(19,20)21/h5H,2-4H2,1H3. The fourth-order valence-electron chi connectivity index (χ4n) is 1.43. The van der Waals surface area contributed by atoms with Gasteiger partial charge >= 0.3 is 29.9 Å². The van der Waals surface area contributed by atoms with Crippen molar-refractivity contribution in [2.24, 2.45) is 0 Å². The van der Waals surface area contributed by atoms with E-state index in [0.29, 0.717) is 0 Å². The lowest BCUT2D eigenvalue weighted by atomic mass is 9.94. The highest BCUT2D eigenvalue weighted by Crippen LogP contribution is 2.58. The Morgan fingerprint density at radius 2 is 1.14 bits per heavy atom. The molecule has 1 unspecified atom stereocenters. The smallest absolute Gasteiger partial charge is 0.200 e. The molecule has 0 N–H and O–H groups in total. The summed E-state index contributed by atoms with van der Waals surface area (Å²) < 4.78 is 138. The summed E-state index contributed by atoms with van der Waals surface area (Å²) in [5.74, 6) is -27.2. The van der Waals surface area contributed by atoms with Crippen LogP contribution in [0, 0.1) is 0 Å². The molecule has 134 valence electrons. The van der Waals surface area contributed by atoms with Crippen LogP contribution >= 0.6 is 22.6 Å². The molecular formula is C10H10F11I. The summed E-state index contributed by atoms with van der Waals surface area (Å²) in [6, 6.07) is 0. The van der Waals surface area contributed by atoms with Crippen molar-refractivity contribution >= 4 is 22.6 Å². The van der Waals surface area contributed by atoms with E-state index in [1.54, 1.807) is 0 Å². The van der Waals surface area contributed by atoms with Crippen molar-refractivity contribution < 1.29 is 48.3 Å². The molecule has 0 aromatic carbocycles. The highest BCUT2D eigenvalue weighted by Gasteiger charge is 2.86. The van der Waals surface area contributed by atoms with E-state index in [9.17, 15) is 48.3 Å². The summed E-state index contributed by atoms with van der Waals surface area (Å²) >= 11 is 1.20. The Morgan fingerprint density at radius 1 is 0.727 bits per heavy atom. The molecule has 0 radical (unpaired) electrons. The van der Waals surface area contributed by atoms with E-state index in [0.717, 1.165) is 0 Å². The Bertz CT molecular complexity index is 374. The second-order valence-electron chi connectivity index (χ2n) is 4.52. The predicted molar refractivity (Wildman–Crippen MR) is 63.2 cm³/mol. The maximum atomic E-state index is 13.3. The summed E-state index contributed by atoms with van der Waals surface area (Å²) in [6.45, 7) is 1.45. The zero-order valence-electron chi connectivity index (χ0n) is 10.7. The topological polar surface area (TPSA) is 0 Å². The molecular weight excluding hydrogens is 456 g/mol. The van der Waals surface area contributed by atoms with Gasteiger partial charge in [-0.05, 0) is 6.42 Å². The summed E-state index contributed by atoms with van der Waals surface area (Å²) in [4.78, 5) is 0. The lowest BCUT2D eigenvalue weighted by Crippen LogP contribution is -2.66. The van der Waals surface area contributed by atoms with Crippen LogP contribution < -0.4 is 0 Å². The Hall–Kier alpha value is -0.0400. The fourth-order valence-corrected chi connectivity index (χ4v) is 2.60. The monoisotopic (exact) mass is 466 g/mol. The van der Waals surface area contributed by atoms with E-state index in [4.69, 9.17) is 0 Å². The van der Waals surface area contributed by atoms with Gasteiger partial charge in [-0.1, -0.05) is 35.9 Å². The molecule has 0 saturated carbocycles. The molecule has 0 bridgehead atoms. The average Bonchev–Trinajstić information content (AvgIpc) is 2.25. The van der Waals surface area contributed by atoms with Gasteiger partial charge in [-0.15, -0.1) is 0 Å². The number of halogens is 12. The zero-order chi connectivity index (χ0) is 18.2. The van der Waals surface area contributed by atoms with Crippen LogP contribution in [-0.2, 0) is 0 Å². The Labute approximate surface area is 131 Å². The molecule has 0 aliphatic heterocycles. The van der Waals surface area contributed by atoms with Crippen LogP contribution in [-0.4, -0.2) is 33.8 Å². The number of hydrogen-bond acceptors (Lipinski definition) is 0. The molecule has 0 spiro atoms. The fraction of sp³-hybridized carbons (Fsp3) is 1.00. The quantitative estimate of drug-likeness (QED) is 0.242. The van der Waals surface area contributed by atoms with Crippen LogP contribution in [0.1, 0.15) is 26.2 Å². The first-order valence-corrected chi connectivity index (χ1v) is 6.92. The van der Waals surface area contributed by atoms with Gasteiger partial charge in [0, 0.05) is 10.3 Å². The van der Waals surface area contributed by atoms with E-state index >= 15 is 0 Å². The highest BCUT2D eigenvalue weighted by atomic mass is 127. The van der Waals surface area contributed by atoms with Crippen molar-refractivity contribution in [3.63, 3.8) is 0 Å². The molecule has 12 heteroatoms. The number of alkyl halides is 12. The van der Waals surface area contributed by atoms with Crippen LogP contribution in [0.4, 0.5) is 48.3 Å². The first-order chi connectivity index (χ1) is 9.45. The van der Waals surface area contributed by atoms with Crippen LogP contribution in [0.2, 0.25) is 0 Å². The van der Waals surface area contributed by atoms with Crippen molar-refractivity contribution in [1.82, 2.24) is 0 Å². The lowest BCUT2D eigenvalue weighted by Gasteiger charge is -2.37. The third kappa shape index (κ3) is 3.71. The number of rotatable bonds is 7. The van der Waals surface area contributed by atoms with Crippen LogP contribution in [0.25, 0.3) is 0 Å². The minimum absolute atomic E-state index is 0.131. The van der Waals surface area contributed by atoms with Gasteiger partial charge in [0.05, 0.1) is 0 Å². The second kappa shape index (κ2) is 6.46. The molecule has 0 aromatic rings. The van der Waals surface area contributed by atoms with E-state index in [-0.39, 0.29) is 12.8 Å². The molecule has 0 nitrogen and oxygen atoms in total. The molecule has 0 aliphatic carbocycles. The first kappa shape index (κ1) is 22.0. The maximum Gasteiger partial charge on any atom is 0.460 e. The Balaban J connectivity index is 5.69. The molecule has 0 rings (SSSR count). The molecule has 1 atom stereocenters. The SMILES string of the molecule is CCCC(I)CC(F)(F)C(F)(F)C(F)(F)C(F)(F)C(F)(F)F. The second-order valence-corrected chi connectivity index (χ2v) is 6.28. The summed E-state index contributed by atoms with van der Waals surface area (Å²) in [7, 11) is 0. The van der Waals surface area contributed by atoms with Gasteiger partial charge in [-0.3, -0.25) is 0 Å². The molecule has 0 aliphatic rings. The minimum atomic E-state index is -7.31. The van der Waals surface area contributed by atoms with Gasteiger partial charge in [0.2, 0.25) is 0 Å². The third-order valence-corrected chi connectivity index (χ3v) is 3.75. The predicted octanol–water partition coefficient (Wildman–Crippen LogP) is 6.08. The zero-order valence-corrected chi connectivity index (χ0v) is 12.9. The largest absolute Gasteiger partial charge is 0.460 e. The van der Waals surface area contributed by atoms with Crippen molar-refractivity contribution in [1.29, 1.82) is 0 Å². The normalized spacial score (nSPS) is 16.8. The third-order valence-electron chi connectivity index (χ3n) is 2.68. The van der Waals surface area contributed by atoms with Gasteiger partial charge in [-0.25, -0.2) is 0 Å². The maximum absolute atomic E-state index is 13.3. The molecule has 0 amide bonds. The molecule has 0 aromatic heterocycles. The summed E-state index contributed by atoms with van der Waals surface area (Å²) in [5.41, 5.74) is 0. The lowest BCUT2D eigenvalue weighted by molar-refractivity contribution is -0.422. The number of hydrogen-bond donors (Lipinski definition) is 0. The Kier molecular flexibility index (Phi) is 6.45. The van der Waals surface area contributed by atoms with Crippen molar-refractivity contribution in [3.05, 3.63) is 0 Å². The van der Waals surface area contributed by atoms with Crippen LogP contribution in [0.3, 0.4) is 0 Å². The van der Waals surface area contributed by atoms with Gasteiger partial charge < -0.3 is 0 Å². The van der Waals surface area contributed by atoms with E-state index in [1.165, 1.54) is 29.5 Å². The van der Waals surface area contributed by atoms with E-state index in [1.807, 2.05) is 0 Å². The molecule has 0 saturated heterocycles. The van der Waals surface area contributed by atoms with Crippen LogP contribution in [0.15, 0.2) is 0 Å². The van der Waals surface area contributed by atoms with Gasteiger partial charge in [-0.2, -0.15) is 48.3 Å². The van der Waals surface area contributed by atoms with Gasteiger partial charge in [0.25, 0.3) is 0 Å². The molecule has 0 heterocycles. The Morgan fingerprint density at radius 3 is 1.45 bits per heavy atom. The van der Waals surface area contributed by atoms with E-state index < -0.39 is 40.2 Å². The van der Waals surface area contributed by atoms with Crippen molar-refractivity contribution in [2.75, 3.05) is 0 Å². The molecule has 0 fully saturated rings.